The molecule has 158 valence electrons. The Hall–Kier alpha value is -3.19. The van der Waals surface area contributed by atoms with Crippen LogP contribution in [0.15, 0.2) is 60.7 Å². The highest BCUT2D eigenvalue weighted by molar-refractivity contribution is 7.20. The van der Waals surface area contributed by atoms with E-state index in [-0.39, 0.29) is 11.7 Å². The normalized spacial score (nSPS) is 14.4. The van der Waals surface area contributed by atoms with Crippen LogP contribution in [0.25, 0.3) is 10.2 Å². The summed E-state index contributed by atoms with van der Waals surface area (Å²) in [5.74, 6) is -0.163. The maximum absolute atomic E-state index is 13.2. The van der Waals surface area contributed by atoms with E-state index in [1.807, 2.05) is 40.8 Å². The van der Waals surface area contributed by atoms with Crippen molar-refractivity contribution in [3.05, 3.63) is 82.6 Å². The molecule has 0 aliphatic carbocycles. The summed E-state index contributed by atoms with van der Waals surface area (Å²) in [6, 6.07) is 18.7. The molecule has 31 heavy (non-hydrogen) atoms. The van der Waals surface area contributed by atoms with Gasteiger partial charge in [-0.05, 0) is 42.8 Å². The average Bonchev–Trinajstić information content (AvgIpc) is 3.37. The Kier molecular flexibility index (Phi) is 5.19. The minimum Gasteiger partial charge on any atom is -0.368 e. The van der Waals surface area contributed by atoms with Crippen molar-refractivity contribution in [2.24, 2.45) is 0 Å². The molecule has 0 N–H and O–H groups in total. The zero-order valence-electron chi connectivity index (χ0n) is 17.3. The van der Waals surface area contributed by atoms with Gasteiger partial charge in [0, 0.05) is 37.3 Å². The van der Waals surface area contributed by atoms with Gasteiger partial charge in [0.05, 0.1) is 17.1 Å². The van der Waals surface area contributed by atoms with Crippen LogP contribution in [0.3, 0.4) is 0 Å². The number of thiophene rings is 1. The van der Waals surface area contributed by atoms with Gasteiger partial charge in [-0.15, -0.1) is 11.3 Å². The lowest BCUT2D eigenvalue weighted by molar-refractivity contribution is 0.0751. The number of halogens is 1. The molecule has 0 bridgehead atoms. The molecule has 5 rings (SSSR count). The van der Waals surface area contributed by atoms with Crippen LogP contribution in [0.5, 0.6) is 0 Å². The van der Waals surface area contributed by atoms with Crippen molar-refractivity contribution >= 4 is 33.1 Å². The SMILES string of the molecule is Cc1nn(Cc2ccc(F)cc2)c2sc(C(=O)N3CCN(c4ccccc4)CC3)cc12. The monoisotopic (exact) mass is 434 g/mol. The lowest BCUT2D eigenvalue weighted by Gasteiger charge is -2.35. The molecule has 3 heterocycles. The lowest BCUT2D eigenvalue weighted by atomic mass is 10.2. The number of hydrogen-bond acceptors (Lipinski definition) is 4. The van der Waals surface area contributed by atoms with Crippen molar-refractivity contribution in [2.45, 2.75) is 13.5 Å². The van der Waals surface area contributed by atoms with E-state index in [2.05, 4.69) is 22.1 Å². The summed E-state index contributed by atoms with van der Waals surface area (Å²) < 4.78 is 15.1. The van der Waals surface area contributed by atoms with E-state index in [4.69, 9.17) is 0 Å². The molecule has 0 spiro atoms. The first-order chi connectivity index (χ1) is 15.1. The fraction of sp³-hybridized carbons (Fsp3) is 0.250. The second-order valence-corrected chi connectivity index (χ2v) is 8.84. The molecular weight excluding hydrogens is 411 g/mol. The number of aryl methyl sites for hydroxylation is 1. The molecule has 0 radical (unpaired) electrons. The molecule has 2 aromatic carbocycles. The third-order valence-corrected chi connectivity index (χ3v) is 6.89. The number of fused-ring (bicyclic) bond motifs is 1. The predicted molar refractivity (Wildman–Crippen MR) is 122 cm³/mol. The molecule has 0 saturated carbocycles. The third kappa shape index (κ3) is 3.93. The van der Waals surface area contributed by atoms with E-state index < -0.39 is 0 Å². The summed E-state index contributed by atoms with van der Waals surface area (Å²) in [6.07, 6.45) is 0. The van der Waals surface area contributed by atoms with E-state index in [0.717, 1.165) is 39.4 Å². The summed E-state index contributed by atoms with van der Waals surface area (Å²) >= 11 is 1.49. The summed E-state index contributed by atoms with van der Waals surface area (Å²) in [7, 11) is 0. The van der Waals surface area contributed by atoms with Gasteiger partial charge in [0.1, 0.15) is 10.6 Å². The number of carbonyl (C=O) groups excluding carboxylic acids is 1. The average molecular weight is 435 g/mol. The first-order valence-corrected chi connectivity index (χ1v) is 11.2. The molecule has 0 unspecified atom stereocenters. The van der Waals surface area contributed by atoms with Crippen LogP contribution in [0.1, 0.15) is 20.9 Å². The van der Waals surface area contributed by atoms with Crippen LogP contribution >= 0.6 is 11.3 Å². The van der Waals surface area contributed by atoms with Gasteiger partial charge >= 0.3 is 0 Å². The van der Waals surface area contributed by atoms with Crippen molar-refractivity contribution in [3.63, 3.8) is 0 Å². The molecule has 2 aromatic heterocycles. The van der Waals surface area contributed by atoms with E-state index in [1.165, 1.54) is 29.2 Å². The van der Waals surface area contributed by atoms with Gasteiger partial charge in [-0.1, -0.05) is 30.3 Å². The number of benzene rings is 2. The number of hydrogen-bond donors (Lipinski definition) is 0. The molecule has 4 aromatic rings. The Balaban J connectivity index is 1.32. The molecule has 1 fully saturated rings. The standard InChI is InChI=1S/C24H23FN4OS/c1-17-21-15-22(31-24(21)29(26-17)16-18-7-9-19(25)10-8-18)23(30)28-13-11-27(12-14-28)20-5-3-2-4-6-20/h2-10,15H,11-14,16H2,1H3. The van der Waals surface area contributed by atoms with Crippen molar-refractivity contribution < 1.29 is 9.18 Å². The zero-order valence-corrected chi connectivity index (χ0v) is 18.1. The highest BCUT2D eigenvalue weighted by Crippen LogP contribution is 2.30. The Morgan fingerprint density at radius 1 is 1.03 bits per heavy atom. The molecular formula is C24H23FN4OS. The van der Waals surface area contributed by atoms with Crippen LogP contribution in [0.2, 0.25) is 0 Å². The van der Waals surface area contributed by atoms with Crippen LogP contribution in [0.4, 0.5) is 10.1 Å². The van der Waals surface area contributed by atoms with E-state index in [9.17, 15) is 9.18 Å². The largest absolute Gasteiger partial charge is 0.368 e. The van der Waals surface area contributed by atoms with Gasteiger partial charge in [-0.2, -0.15) is 5.10 Å². The topological polar surface area (TPSA) is 41.4 Å². The van der Waals surface area contributed by atoms with Gasteiger partial charge in [-0.25, -0.2) is 4.39 Å². The van der Waals surface area contributed by atoms with Crippen LogP contribution in [0, 0.1) is 12.7 Å². The number of anilines is 1. The van der Waals surface area contributed by atoms with E-state index in [0.29, 0.717) is 19.6 Å². The Morgan fingerprint density at radius 3 is 2.45 bits per heavy atom. The van der Waals surface area contributed by atoms with Crippen LogP contribution in [-0.4, -0.2) is 46.8 Å². The van der Waals surface area contributed by atoms with Crippen molar-refractivity contribution in [1.29, 1.82) is 0 Å². The molecule has 1 saturated heterocycles. The Bertz CT molecular complexity index is 1210. The van der Waals surface area contributed by atoms with Crippen molar-refractivity contribution in [2.75, 3.05) is 31.1 Å². The smallest absolute Gasteiger partial charge is 0.264 e. The second-order valence-electron chi connectivity index (χ2n) is 7.81. The van der Waals surface area contributed by atoms with E-state index >= 15 is 0 Å². The molecule has 7 heteroatoms. The third-order valence-electron chi connectivity index (χ3n) is 5.75. The van der Waals surface area contributed by atoms with Crippen LogP contribution in [-0.2, 0) is 6.54 Å². The molecule has 5 nitrogen and oxygen atoms in total. The summed E-state index contributed by atoms with van der Waals surface area (Å²) in [6.45, 7) is 5.60. The van der Waals surface area contributed by atoms with Gasteiger partial charge in [0.15, 0.2) is 0 Å². The van der Waals surface area contributed by atoms with Gasteiger partial charge in [-0.3, -0.25) is 9.48 Å². The Morgan fingerprint density at radius 2 is 1.74 bits per heavy atom. The maximum atomic E-state index is 13.2. The number of para-hydroxylation sites is 1. The quantitative estimate of drug-likeness (QED) is 0.473. The van der Waals surface area contributed by atoms with Gasteiger partial charge in [0.25, 0.3) is 5.91 Å². The molecule has 0 atom stereocenters. The van der Waals surface area contributed by atoms with Gasteiger partial charge in [0.2, 0.25) is 0 Å². The van der Waals surface area contributed by atoms with E-state index in [1.54, 1.807) is 12.1 Å². The molecule has 1 aliphatic rings. The fourth-order valence-corrected chi connectivity index (χ4v) is 5.18. The first kappa shape index (κ1) is 19.8. The number of aromatic nitrogens is 2. The first-order valence-electron chi connectivity index (χ1n) is 10.4. The number of carbonyl (C=O) groups is 1. The summed E-state index contributed by atoms with van der Waals surface area (Å²) in [5, 5.41) is 5.64. The number of nitrogens with zero attached hydrogens (tertiary/aromatic N) is 4. The van der Waals surface area contributed by atoms with Crippen molar-refractivity contribution in [1.82, 2.24) is 14.7 Å². The van der Waals surface area contributed by atoms with Gasteiger partial charge < -0.3 is 9.80 Å². The molecule has 1 aliphatic heterocycles. The maximum Gasteiger partial charge on any atom is 0.264 e. The minimum absolute atomic E-state index is 0.0849. The number of rotatable bonds is 4. The summed E-state index contributed by atoms with van der Waals surface area (Å²) in [4.78, 5) is 19.2. The second kappa shape index (κ2) is 8.15. The van der Waals surface area contributed by atoms with Crippen molar-refractivity contribution in [3.8, 4) is 0 Å². The fourth-order valence-electron chi connectivity index (χ4n) is 4.05. The highest BCUT2D eigenvalue weighted by Gasteiger charge is 2.25. The molecule has 1 amide bonds. The van der Waals surface area contributed by atoms with Crippen LogP contribution < -0.4 is 4.90 Å². The highest BCUT2D eigenvalue weighted by atomic mass is 32.1. The predicted octanol–water partition coefficient (Wildman–Crippen LogP) is 4.56. The minimum atomic E-state index is -0.248. The summed E-state index contributed by atoms with van der Waals surface area (Å²) in [5.41, 5.74) is 3.08. The zero-order chi connectivity index (χ0) is 21.4. The lowest BCUT2D eigenvalue weighted by Crippen LogP contribution is -2.48. The Labute approximate surface area is 184 Å². The number of piperazine rings is 1. The number of amides is 1.